The first-order chi connectivity index (χ1) is 12.3. The topological polar surface area (TPSA) is 90.0 Å². The van der Waals surface area contributed by atoms with Crippen LogP contribution in [0.4, 0.5) is 10.5 Å². The Hall–Kier alpha value is -2.57. The molecule has 7 nitrogen and oxygen atoms in total. The number of aliphatic carboxylic acids is 1. The van der Waals surface area contributed by atoms with Gasteiger partial charge < -0.3 is 20.2 Å². The van der Waals surface area contributed by atoms with Crippen LogP contribution in [-0.4, -0.2) is 53.6 Å². The summed E-state index contributed by atoms with van der Waals surface area (Å²) in [4.78, 5) is 39.8. The SMILES string of the molecule is Cc1ccc(N2CCCC(NC(=O)N3CCC(C)(C(=O)O)C3)C2=O)cc1. The van der Waals surface area contributed by atoms with Crippen LogP contribution >= 0.6 is 0 Å². The van der Waals surface area contributed by atoms with Gasteiger partial charge in [-0.3, -0.25) is 9.59 Å². The van der Waals surface area contributed by atoms with Gasteiger partial charge in [-0.05, 0) is 45.2 Å². The van der Waals surface area contributed by atoms with Crippen LogP contribution in [0.2, 0.25) is 0 Å². The number of hydrogen-bond donors (Lipinski definition) is 2. The highest BCUT2D eigenvalue weighted by atomic mass is 16.4. The van der Waals surface area contributed by atoms with E-state index in [9.17, 15) is 19.5 Å². The van der Waals surface area contributed by atoms with Crippen molar-refractivity contribution in [3.63, 3.8) is 0 Å². The molecule has 2 fully saturated rings. The van der Waals surface area contributed by atoms with E-state index in [4.69, 9.17) is 0 Å². The normalized spacial score (nSPS) is 26.1. The van der Waals surface area contributed by atoms with Crippen molar-refractivity contribution in [1.82, 2.24) is 10.2 Å². The zero-order chi connectivity index (χ0) is 18.9. The summed E-state index contributed by atoms with van der Waals surface area (Å²) in [5, 5.41) is 12.1. The number of carbonyl (C=O) groups is 3. The van der Waals surface area contributed by atoms with E-state index in [0.717, 1.165) is 17.7 Å². The minimum Gasteiger partial charge on any atom is -0.481 e. The number of likely N-dealkylation sites (tertiary alicyclic amines) is 1. The number of aryl methyl sites for hydroxylation is 1. The molecular formula is C19H25N3O4. The lowest BCUT2D eigenvalue weighted by atomic mass is 9.90. The fraction of sp³-hybridized carbons (Fsp3) is 0.526. The van der Waals surface area contributed by atoms with Gasteiger partial charge in [0, 0.05) is 25.3 Å². The largest absolute Gasteiger partial charge is 0.481 e. The smallest absolute Gasteiger partial charge is 0.318 e. The van der Waals surface area contributed by atoms with Crippen molar-refractivity contribution in [3.05, 3.63) is 29.8 Å². The van der Waals surface area contributed by atoms with E-state index in [2.05, 4.69) is 5.32 Å². The first-order valence-electron chi connectivity index (χ1n) is 8.97. The Balaban J connectivity index is 1.64. The van der Waals surface area contributed by atoms with Crippen LogP contribution in [0.5, 0.6) is 0 Å². The number of amides is 3. The van der Waals surface area contributed by atoms with Gasteiger partial charge in [0.1, 0.15) is 6.04 Å². The lowest BCUT2D eigenvalue weighted by Crippen LogP contribution is -2.55. The van der Waals surface area contributed by atoms with Crippen LogP contribution in [0.15, 0.2) is 24.3 Å². The molecule has 140 valence electrons. The number of benzene rings is 1. The lowest BCUT2D eigenvalue weighted by molar-refractivity contribution is -0.147. The van der Waals surface area contributed by atoms with Crippen LogP contribution in [0.25, 0.3) is 0 Å². The Bertz CT molecular complexity index is 718. The van der Waals surface area contributed by atoms with Gasteiger partial charge in [0.2, 0.25) is 5.91 Å². The predicted octanol–water partition coefficient (Wildman–Crippen LogP) is 2.00. The van der Waals surface area contributed by atoms with Gasteiger partial charge in [-0.15, -0.1) is 0 Å². The molecule has 7 heteroatoms. The molecule has 3 amide bonds. The summed E-state index contributed by atoms with van der Waals surface area (Å²) < 4.78 is 0. The minimum atomic E-state index is -0.915. The Morgan fingerprint density at radius 1 is 1.23 bits per heavy atom. The third-order valence-corrected chi connectivity index (χ3v) is 5.36. The zero-order valence-electron chi connectivity index (χ0n) is 15.2. The predicted molar refractivity (Wildman–Crippen MR) is 97.0 cm³/mol. The van der Waals surface area contributed by atoms with Crippen molar-refractivity contribution >= 4 is 23.6 Å². The van der Waals surface area contributed by atoms with E-state index in [0.29, 0.717) is 25.9 Å². The van der Waals surface area contributed by atoms with Gasteiger partial charge in [0.05, 0.1) is 5.41 Å². The van der Waals surface area contributed by atoms with E-state index < -0.39 is 17.4 Å². The number of carboxylic acids is 1. The number of hydrogen-bond acceptors (Lipinski definition) is 3. The van der Waals surface area contributed by atoms with Crippen LogP contribution in [0.3, 0.4) is 0 Å². The molecule has 2 atom stereocenters. The van der Waals surface area contributed by atoms with Gasteiger partial charge in [0.25, 0.3) is 0 Å². The summed E-state index contributed by atoms with van der Waals surface area (Å²) in [5.41, 5.74) is 1.04. The van der Waals surface area contributed by atoms with Crippen LogP contribution < -0.4 is 10.2 Å². The molecule has 2 aliphatic heterocycles. The fourth-order valence-electron chi connectivity index (χ4n) is 3.54. The van der Waals surface area contributed by atoms with Gasteiger partial charge in [-0.25, -0.2) is 4.79 Å². The maximum atomic E-state index is 12.8. The van der Waals surface area contributed by atoms with Crippen LogP contribution in [0.1, 0.15) is 31.7 Å². The quantitative estimate of drug-likeness (QED) is 0.864. The first-order valence-corrected chi connectivity index (χ1v) is 8.97. The molecule has 2 N–H and O–H groups in total. The molecule has 3 rings (SSSR count). The van der Waals surface area contributed by atoms with E-state index in [1.165, 1.54) is 4.90 Å². The van der Waals surface area contributed by atoms with Crippen molar-refractivity contribution in [1.29, 1.82) is 0 Å². The van der Waals surface area contributed by atoms with Gasteiger partial charge >= 0.3 is 12.0 Å². The van der Waals surface area contributed by atoms with Crippen molar-refractivity contribution in [2.24, 2.45) is 5.41 Å². The summed E-state index contributed by atoms with van der Waals surface area (Å²) in [7, 11) is 0. The highest BCUT2D eigenvalue weighted by Gasteiger charge is 2.43. The number of nitrogens with zero attached hydrogens (tertiary/aromatic N) is 2. The average Bonchev–Trinajstić information content (AvgIpc) is 3.02. The summed E-state index contributed by atoms with van der Waals surface area (Å²) in [6.45, 7) is 4.82. The fourth-order valence-corrected chi connectivity index (χ4v) is 3.54. The van der Waals surface area contributed by atoms with Crippen molar-refractivity contribution in [2.75, 3.05) is 24.5 Å². The number of piperidine rings is 1. The van der Waals surface area contributed by atoms with Crippen molar-refractivity contribution in [2.45, 2.75) is 39.2 Å². The van der Waals surface area contributed by atoms with Gasteiger partial charge in [0.15, 0.2) is 0 Å². The minimum absolute atomic E-state index is 0.117. The van der Waals surface area contributed by atoms with Crippen molar-refractivity contribution < 1.29 is 19.5 Å². The average molecular weight is 359 g/mol. The number of carboxylic acid groups (broad SMARTS) is 1. The molecule has 0 bridgehead atoms. The molecule has 2 aliphatic rings. The number of carbonyl (C=O) groups excluding carboxylic acids is 2. The van der Waals surface area contributed by atoms with Gasteiger partial charge in [-0.2, -0.15) is 0 Å². The molecule has 2 heterocycles. The summed E-state index contributed by atoms with van der Waals surface area (Å²) in [6.07, 6.45) is 1.82. The van der Waals surface area contributed by atoms with E-state index >= 15 is 0 Å². The molecule has 0 aliphatic carbocycles. The molecule has 0 radical (unpaired) electrons. The second-order valence-electron chi connectivity index (χ2n) is 7.51. The van der Waals surface area contributed by atoms with Gasteiger partial charge in [-0.1, -0.05) is 17.7 Å². The maximum absolute atomic E-state index is 12.8. The van der Waals surface area contributed by atoms with E-state index in [1.807, 2.05) is 31.2 Å². The van der Waals surface area contributed by atoms with E-state index in [1.54, 1.807) is 11.8 Å². The summed E-state index contributed by atoms with van der Waals surface area (Å²) in [6, 6.07) is 6.81. The standard InChI is InChI=1S/C19H25N3O4/c1-13-5-7-14(8-6-13)22-10-3-4-15(16(22)23)20-18(26)21-11-9-19(2,12-21)17(24)25/h5-8,15H,3-4,9-12H2,1-2H3,(H,20,26)(H,24,25). The Labute approximate surface area is 153 Å². The lowest BCUT2D eigenvalue weighted by Gasteiger charge is -2.33. The van der Waals surface area contributed by atoms with Crippen LogP contribution in [0, 0.1) is 12.3 Å². The number of rotatable bonds is 3. The molecule has 0 aromatic heterocycles. The Morgan fingerprint density at radius 3 is 2.54 bits per heavy atom. The van der Waals surface area contributed by atoms with Crippen molar-refractivity contribution in [3.8, 4) is 0 Å². The Kier molecular flexibility index (Phi) is 4.89. The highest BCUT2D eigenvalue weighted by Crippen LogP contribution is 2.30. The Morgan fingerprint density at radius 2 is 1.92 bits per heavy atom. The molecule has 2 unspecified atom stereocenters. The zero-order valence-corrected chi connectivity index (χ0v) is 15.2. The first kappa shape index (κ1) is 18.2. The number of urea groups is 1. The molecule has 2 saturated heterocycles. The van der Waals surface area contributed by atoms with Crippen LogP contribution in [-0.2, 0) is 9.59 Å². The highest BCUT2D eigenvalue weighted by molar-refractivity contribution is 5.99. The molecule has 26 heavy (non-hydrogen) atoms. The molecular weight excluding hydrogens is 334 g/mol. The molecule has 1 aromatic rings. The second kappa shape index (κ2) is 6.97. The summed E-state index contributed by atoms with van der Waals surface area (Å²) in [5.74, 6) is -1.01. The monoisotopic (exact) mass is 359 g/mol. The number of anilines is 1. The maximum Gasteiger partial charge on any atom is 0.318 e. The third-order valence-electron chi connectivity index (χ3n) is 5.36. The second-order valence-corrected chi connectivity index (χ2v) is 7.51. The third kappa shape index (κ3) is 3.52. The molecule has 0 saturated carbocycles. The van der Waals surface area contributed by atoms with E-state index in [-0.39, 0.29) is 18.5 Å². The summed E-state index contributed by atoms with van der Waals surface area (Å²) >= 11 is 0. The number of nitrogens with one attached hydrogen (secondary N) is 1. The molecule has 0 spiro atoms. The molecule has 1 aromatic carbocycles.